The van der Waals surface area contributed by atoms with Gasteiger partial charge in [-0.2, -0.15) is 5.26 Å². The minimum absolute atomic E-state index is 0.00550. The molecule has 2 amide bonds. The number of nitrogens with zero attached hydrogens (tertiary/aromatic N) is 2. The van der Waals surface area contributed by atoms with Crippen molar-refractivity contribution >= 4 is 11.8 Å². The van der Waals surface area contributed by atoms with Gasteiger partial charge in [0.05, 0.1) is 11.6 Å². The summed E-state index contributed by atoms with van der Waals surface area (Å²) in [5.41, 5.74) is 0.959. The lowest BCUT2D eigenvalue weighted by atomic mass is 10.1. The Labute approximate surface area is 123 Å². The summed E-state index contributed by atoms with van der Waals surface area (Å²) in [5.74, 6) is 0.280. The number of carbonyl (C=O) groups is 2. The monoisotopic (exact) mass is 283 g/mol. The maximum absolute atomic E-state index is 12.2. The first-order valence-electron chi connectivity index (χ1n) is 7.27. The number of nitrogens with one attached hydrogen (secondary N) is 1. The van der Waals surface area contributed by atoms with Crippen LogP contribution in [0.25, 0.3) is 0 Å². The third-order valence-electron chi connectivity index (χ3n) is 4.02. The molecule has 1 N–H and O–H groups in total. The first-order chi connectivity index (χ1) is 10.2. The fourth-order valence-corrected chi connectivity index (χ4v) is 2.67. The molecule has 21 heavy (non-hydrogen) atoms. The summed E-state index contributed by atoms with van der Waals surface area (Å²) < 4.78 is 0. The zero-order chi connectivity index (χ0) is 14.8. The summed E-state index contributed by atoms with van der Waals surface area (Å²) in [6.45, 7) is 1.32. The molecule has 0 radical (unpaired) electrons. The average Bonchev–Trinajstić information content (AvgIpc) is 3.26. The average molecular weight is 283 g/mol. The van der Waals surface area contributed by atoms with Gasteiger partial charge in [0.25, 0.3) is 5.91 Å². The molecule has 1 aliphatic heterocycles. The van der Waals surface area contributed by atoms with Crippen molar-refractivity contribution < 1.29 is 9.59 Å². The third kappa shape index (κ3) is 3.05. The Balaban J connectivity index is 1.58. The van der Waals surface area contributed by atoms with Crippen LogP contribution in [-0.2, 0) is 4.79 Å². The van der Waals surface area contributed by atoms with E-state index in [1.165, 1.54) is 0 Å². The lowest BCUT2D eigenvalue weighted by Crippen LogP contribution is -2.38. The van der Waals surface area contributed by atoms with E-state index in [1.807, 2.05) is 11.0 Å². The Morgan fingerprint density at radius 3 is 2.81 bits per heavy atom. The highest BCUT2D eigenvalue weighted by Gasteiger charge is 2.36. The van der Waals surface area contributed by atoms with Gasteiger partial charge in [0.1, 0.15) is 0 Å². The van der Waals surface area contributed by atoms with E-state index in [0.29, 0.717) is 17.7 Å². The maximum Gasteiger partial charge on any atom is 0.251 e. The minimum atomic E-state index is -0.183. The molecule has 1 aromatic carbocycles. The molecule has 108 valence electrons. The van der Waals surface area contributed by atoms with E-state index in [0.717, 1.165) is 25.8 Å². The number of likely N-dealkylation sites (tertiary alicyclic amines) is 1. The van der Waals surface area contributed by atoms with E-state index in [-0.39, 0.29) is 23.8 Å². The van der Waals surface area contributed by atoms with Crippen molar-refractivity contribution in [1.82, 2.24) is 10.2 Å². The van der Waals surface area contributed by atoms with Gasteiger partial charge in [-0.1, -0.05) is 6.07 Å². The van der Waals surface area contributed by atoms with E-state index in [4.69, 9.17) is 5.26 Å². The molecule has 2 fully saturated rings. The lowest BCUT2D eigenvalue weighted by Gasteiger charge is -2.17. The quantitative estimate of drug-likeness (QED) is 0.908. The largest absolute Gasteiger partial charge is 0.347 e. The van der Waals surface area contributed by atoms with Gasteiger partial charge in [-0.25, -0.2) is 0 Å². The number of amides is 2. The summed E-state index contributed by atoms with van der Waals surface area (Å²) in [4.78, 5) is 26.0. The zero-order valence-electron chi connectivity index (χ0n) is 11.7. The van der Waals surface area contributed by atoms with Gasteiger partial charge < -0.3 is 10.2 Å². The van der Waals surface area contributed by atoms with Crippen LogP contribution in [0.15, 0.2) is 24.3 Å². The smallest absolute Gasteiger partial charge is 0.251 e. The van der Waals surface area contributed by atoms with Crippen LogP contribution < -0.4 is 5.32 Å². The minimum Gasteiger partial charge on any atom is -0.347 e. The van der Waals surface area contributed by atoms with Gasteiger partial charge in [0.15, 0.2) is 0 Å². The van der Waals surface area contributed by atoms with Crippen molar-refractivity contribution in [3.8, 4) is 6.07 Å². The summed E-state index contributed by atoms with van der Waals surface area (Å²) in [6, 6.07) is 8.67. The van der Waals surface area contributed by atoms with Crippen molar-refractivity contribution in [1.29, 1.82) is 5.26 Å². The van der Waals surface area contributed by atoms with Gasteiger partial charge in [0, 0.05) is 30.6 Å². The Hall–Kier alpha value is -2.35. The van der Waals surface area contributed by atoms with Crippen LogP contribution in [0, 0.1) is 17.2 Å². The van der Waals surface area contributed by atoms with E-state index >= 15 is 0 Å². The van der Waals surface area contributed by atoms with Crippen molar-refractivity contribution in [2.75, 3.05) is 13.1 Å². The van der Waals surface area contributed by atoms with Crippen LogP contribution in [0.4, 0.5) is 0 Å². The predicted molar refractivity (Wildman–Crippen MR) is 76.3 cm³/mol. The van der Waals surface area contributed by atoms with Crippen LogP contribution in [0.5, 0.6) is 0 Å². The summed E-state index contributed by atoms with van der Waals surface area (Å²) in [7, 11) is 0. The van der Waals surface area contributed by atoms with Gasteiger partial charge in [-0.05, 0) is 37.5 Å². The summed E-state index contributed by atoms with van der Waals surface area (Å²) >= 11 is 0. The molecule has 1 unspecified atom stereocenters. The van der Waals surface area contributed by atoms with Gasteiger partial charge >= 0.3 is 0 Å². The second-order valence-electron chi connectivity index (χ2n) is 5.71. The molecule has 0 bridgehead atoms. The molecule has 1 aromatic rings. The third-order valence-corrected chi connectivity index (χ3v) is 4.02. The van der Waals surface area contributed by atoms with Gasteiger partial charge in [-0.3, -0.25) is 9.59 Å². The highest BCUT2D eigenvalue weighted by molar-refractivity contribution is 5.94. The molecule has 3 rings (SSSR count). The SMILES string of the molecule is N#Cc1cccc(C(=O)NC2CCN(C(=O)C3CC3)C2)c1. The predicted octanol–water partition coefficient (Wildman–Crippen LogP) is 1.30. The second-order valence-corrected chi connectivity index (χ2v) is 5.71. The molecule has 0 spiro atoms. The van der Waals surface area contributed by atoms with Crippen molar-refractivity contribution in [3.63, 3.8) is 0 Å². The van der Waals surface area contributed by atoms with E-state index < -0.39 is 0 Å². The first-order valence-corrected chi connectivity index (χ1v) is 7.27. The van der Waals surface area contributed by atoms with Crippen molar-refractivity contribution in [3.05, 3.63) is 35.4 Å². The van der Waals surface area contributed by atoms with Crippen LogP contribution in [0.1, 0.15) is 35.2 Å². The molecule has 2 aliphatic rings. The first kappa shape index (κ1) is 13.6. The summed E-state index contributed by atoms with van der Waals surface area (Å²) in [5, 5.41) is 11.8. The number of hydrogen-bond acceptors (Lipinski definition) is 3. The molecule has 5 heteroatoms. The standard InChI is InChI=1S/C16H17N3O2/c17-9-11-2-1-3-13(8-11)15(20)18-14-6-7-19(10-14)16(21)12-4-5-12/h1-3,8,12,14H,4-7,10H2,(H,18,20). The Morgan fingerprint density at radius 2 is 2.10 bits per heavy atom. The van der Waals surface area contributed by atoms with E-state index in [2.05, 4.69) is 5.32 Å². The number of rotatable bonds is 3. The van der Waals surface area contributed by atoms with Crippen LogP contribution in [0.2, 0.25) is 0 Å². The summed E-state index contributed by atoms with van der Waals surface area (Å²) in [6.07, 6.45) is 2.81. The number of hydrogen-bond donors (Lipinski definition) is 1. The Bertz CT molecular complexity index is 616. The highest BCUT2D eigenvalue weighted by atomic mass is 16.2. The highest BCUT2D eigenvalue weighted by Crippen LogP contribution is 2.32. The molecule has 1 saturated heterocycles. The van der Waals surface area contributed by atoms with Crippen LogP contribution in [0.3, 0.4) is 0 Å². The maximum atomic E-state index is 12.2. The fraction of sp³-hybridized carbons (Fsp3) is 0.438. The Morgan fingerprint density at radius 1 is 1.29 bits per heavy atom. The van der Waals surface area contributed by atoms with Crippen LogP contribution >= 0.6 is 0 Å². The van der Waals surface area contributed by atoms with Crippen molar-refractivity contribution in [2.24, 2.45) is 5.92 Å². The normalized spacial score (nSPS) is 20.9. The number of carbonyl (C=O) groups excluding carboxylic acids is 2. The second kappa shape index (κ2) is 5.57. The molecule has 1 saturated carbocycles. The molecule has 1 aliphatic carbocycles. The van der Waals surface area contributed by atoms with Crippen LogP contribution in [-0.4, -0.2) is 35.8 Å². The van der Waals surface area contributed by atoms with Crippen molar-refractivity contribution in [2.45, 2.75) is 25.3 Å². The lowest BCUT2D eigenvalue weighted by molar-refractivity contribution is -0.131. The molecular formula is C16H17N3O2. The molecule has 1 atom stereocenters. The van der Waals surface area contributed by atoms with Gasteiger partial charge in [-0.15, -0.1) is 0 Å². The molecule has 5 nitrogen and oxygen atoms in total. The zero-order valence-corrected chi connectivity index (χ0v) is 11.7. The number of benzene rings is 1. The van der Waals surface area contributed by atoms with Gasteiger partial charge in [0.2, 0.25) is 5.91 Å². The number of nitriles is 1. The Kier molecular flexibility index (Phi) is 3.61. The fourth-order valence-electron chi connectivity index (χ4n) is 2.67. The molecular weight excluding hydrogens is 266 g/mol. The van der Waals surface area contributed by atoms with E-state index in [9.17, 15) is 9.59 Å². The van der Waals surface area contributed by atoms with E-state index in [1.54, 1.807) is 24.3 Å². The topological polar surface area (TPSA) is 73.2 Å². The molecule has 0 aromatic heterocycles. The molecule has 1 heterocycles.